The van der Waals surface area contributed by atoms with Crippen LogP contribution in [0.1, 0.15) is 12.8 Å². The highest BCUT2D eigenvalue weighted by atomic mass is 35.5. The van der Waals surface area contributed by atoms with Gasteiger partial charge in [-0.05, 0) is 55.3 Å². The molecule has 0 spiro atoms. The molecule has 1 aliphatic rings. The lowest BCUT2D eigenvalue weighted by Gasteiger charge is -2.32. The van der Waals surface area contributed by atoms with E-state index in [1.165, 1.54) is 5.69 Å². The summed E-state index contributed by atoms with van der Waals surface area (Å²) in [5.41, 5.74) is 10.0. The van der Waals surface area contributed by atoms with Gasteiger partial charge in [-0.1, -0.05) is 23.7 Å². The lowest BCUT2D eigenvalue weighted by atomic mass is 10.1. The van der Waals surface area contributed by atoms with Crippen LogP contribution in [0.25, 0.3) is 11.3 Å². The van der Waals surface area contributed by atoms with Crippen molar-refractivity contribution in [2.75, 3.05) is 23.3 Å². The molecule has 0 amide bonds. The van der Waals surface area contributed by atoms with Crippen LogP contribution in [0.2, 0.25) is 5.02 Å². The van der Waals surface area contributed by atoms with E-state index in [-0.39, 0.29) is 0 Å². The van der Waals surface area contributed by atoms with Crippen LogP contribution in [0.15, 0.2) is 60.8 Å². The molecule has 3 N–H and O–H groups in total. The molecule has 1 fully saturated rings. The Labute approximate surface area is 164 Å². The molecule has 3 aromatic rings. The van der Waals surface area contributed by atoms with E-state index in [1.54, 1.807) is 6.20 Å². The monoisotopic (exact) mass is 379 g/mol. The summed E-state index contributed by atoms with van der Waals surface area (Å²) in [4.78, 5) is 11.3. The summed E-state index contributed by atoms with van der Waals surface area (Å²) in [5, 5.41) is 3.99. The Morgan fingerprint density at radius 2 is 1.67 bits per heavy atom. The Hall–Kier alpha value is -2.63. The Balaban J connectivity index is 1.46. The smallest absolute Gasteiger partial charge is 0.227 e. The molecule has 5 nitrogen and oxygen atoms in total. The van der Waals surface area contributed by atoms with Gasteiger partial charge in [-0.25, -0.2) is 9.97 Å². The summed E-state index contributed by atoms with van der Waals surface area (Å²) < 4.78 is 0. The van der Waals surface area contributed by atoms with Gasteiger partial charge < -0.3 is 16.0 Å². The number of rotatable bonds is 4. The van der Waals surface area contributed by atoms with Gasteiger partial charge in [0.2, 0.25) is 5.95 Å². The van der Waals surface area contributed by atoms with Gasteiger partial charge in [-0.15, -0.1) is 0 Å². The summed E-state index contributed by atoms with van der Waals surface area (Å²) in [7, 11) is 0. The van der Waals surface area contributed by atoms with Crippen LogP contribution in [-0.4, -0.2) is 29.1 Å². The fraction of sp³-hybridized carbons (Fsp3) is 0.238. The van der Waals surface area contributed by atoms with Gasteiger partial charge >= 0.3 is 0 Å². The first-order valence-electron chi connectivity index (χ1n) is 9.14. The fourth-order valence-electron chi connectivity index (χ4n) is 3.24. The van der Waals surface area contributed by atoms with Crippen molar-refractivity contribution in [2.24, 2.45) is 5.73 Å². The average molecular weight is 380 g/mol. The summed E-state index contributed by atoms with van der Waals surface area (Å²) in [6.07, 6.45) is 3.85. The Morgan fingerprint density at radius 1 is 0.963 bits per heavy atom. The van der Waals surface area contributed by atoms with Crippen LogP contribution in [0.4, 0.5) is 17.3 Å². The second-order valence-electron chi connectivity index (χ2n) is 6.77. The third-order valence-corrected chi connectivity index (χ3v) is 5.08. The van der Waals surface area contributed by atoms with Gasteiger partial charge in [0.1, 0.15) is 0 Å². The Morgan fingerprint density at radius 3 is 2.37 bits per heavy atom. The van der Waals surface area contributed by atoms with Gasteiger partial charge in [0, 0.05) is 47.3 Å². The van der Waals surface area contributed by atoms with E-state index in [9.17, 15) is 0 Å². The zero-order valence-electron chi connectivity index (χ0n) is 15.0. The van der Waals surface area contributed by atoms with Crippen molar-refractivity contribution >= 4 is 28.9 Å². The van der Waals surface area contributed by atoms with E-state index in [0.29, 0.717) is 17.0 Å². The summed E-state index contributed by atoms with van der Waals surface area (Å²) >= 11 is 5.96. The first-order chi connectivity index (χ1) is 13.2. The predicted octanol–water partition coefficient (Wildman–Crippen LogP) is 4.47. The highest BCUT2D eigenvalue weighted by Crippen LogP contribution is 2.24. The SMILES string of the molecule is NC1CCN(c2ccc(Nc3nccc(-c4ccc(Cl)cc4)n3)cc2)CC1. The molecule has 2 aromatic carbocycles. The molecule has 0 unspecified atom stereocenters. The normalized spacial score (nSPS) is 15.0. The van der Waals surface area contributed by atoms with Crippen molar-refractivity contribution in [1.82, 2.24) is 9.97 Å². The zero-order valence-corrected chi connectivity index (χ0v) is 15.7. The number of hydrogen-bond donors (Lipinski definition) is 2. The molecule has 27 heavy (non-hydrogen) atoms. The minimum atomic E-state index is 0.340. The molecular formula is C21H22ClN5. The second-order valence-corrected chi connectivity index (χ2v) is 7.21. The fourth-order valence-corrected chi connectivity index (χ4v) is 3.37. The van der Waals surface area contributed by atoms with E-state index in [2.05, 4.69) is 44.5 Å². The topological polar surface area (TPSA) is 67.1 Å². The summed E-state index contributed by atoms with van der Waals surface area (Å²) in [5.74, 6) is 0.569. The quantitative estimate of drug-likeness (QED) is 0.700. The van der Waals surface area contributed by atoms with Gasteiger partial charge in [0.05, 0.1) is 5.69 Å². The number of aromatic nitrogens is 2. The molecule has 4 rings (SSSR count). The molecule has 0 aliphatic carbocycles. The van der Waals surface area contributed by atoms with Gasteiger partial charge in [0.15, 0.2) is 0 Å². The maximum atomic E-state index is 5.99. The van der Waals surface area contributed by atoms with Gasteiger partial charge in [-0.3, -0.25) is 0 Å². The first-order valence-corrected chi connectivity index (χ1v) is 9.52. The number of nitrogens with two attached hydrogens (primary N) is 1. The van der Waals surface area contributed by atoms with Crippen molar-refractivity contribution in [1.29, 1.82) is 0 Å². The second kappa shape index (κ2) is 7.94. The number of hydrogen-bond acceptors (Lipinski definition) is 5. The first kappa shape index (κ1) is 17.8. The Bertz CT molecular complexity index is 887. The minimum absolute atomic E-state index is 0.340. The maximum Gasteiger partial charge on any atom is 0.227 e. The van der Waals surface area contributed by atoms with E-state index in [1.807, 2.05) is 30.3 Å². The molecule has 0 atom stereocenters. The summed E-state index contributed by atoms with van der Waals surface area (Å²) in [6.45, 7) is 2.03. The van der Waals surface area contributed by atoms with Crippen LogP contribution in [0, 0.1) is 0 Å². The lowest BCUT2D eigenvalue weighted by Crippen LogP contribution is -2.39. The van der Waals surface area contributed by atoms with Gasteiger partial charge in [-0.2, -0.15) is 0 Å². The molecule has 138 valence electrons. The van der Waals surface area contributed by atoms with Crippen molar-refractivity contribution in [3.63, 3.8) is 0 Å². The lowest BCUT2D eigenvalue weighted by molar-refractivity contribution is 0.501. The van der Waals surface area contributed by atoms with Crippen molar-refractivity contribution in [2.45, 2.75) is 18.9 Å². The zero-order chi connectivity index (χ0) is 18.6. The van der Waals surface area contributed by atoms with Crippen LogP contribution >= 0.6 is 11.6 Å². The molecule has 1 aromatic heterocycles. The molecule has 0 saturated carbocycles. The Kier molecular flexibility index (Phi) is 5.23. The van der Waals surface area contributed by atoms with Gasteiger partial charge in [0.25, 0.3) is 0 Å². The number of nitrogens with zero attached hydrogens (tertiary/aromatic N) is 3. The highest BCUT2D eigenvalue weighted by molar-refractivity contribution is 6.30. The number of halogens is 1. The average Bonchev–Trinajstić information content (AvgIpc) is 2.70. The third-order valence-electron chi connectivity index (χ3n) is 4.82. The van der Waals surface area contributed by atoms with Crippen molar-refractivity contribution < 1.29 is 0 Å². The number of nitrogens with one attached hydrogen (secondary N) is 1. The molecule has 2 heterocycles. The molecule has 1 saturated heterocycles. The largest absolute Gasteiger partial charge is 0.371 e. The van der Waals surface area contributed by atoms with E-state index >= 15 is 0 Å². The predicted molar refractivity (Wildman–Crippen MR) is 112 cm³/mol. The standard InChI is InChI=1S/C21H22ClN5/c22-16-3-1-15(2-4-16)20-9-12-24-21(26-20)25-18-5-7-19(8-6-18)27-13-10-17(23)11-14-27/h1-9,12,17H,10-11,13-14,23H2,(H,24,25,26). The van der Waals surface area contributed by atoms with Crippen molar-refractivity contribution in [3.8, 4) is 11.3 Å². The van der Waals surface area contributed by atoms with Crippen LogP contribution < -0.4 is 16.0 Å². The summed E-state index contributed by atoms with van der Waals surface area (Å²) in [6, 6.07) is 18.2. The van der Waals surface area contributed by atoms with E-state index in [0.717, 1.165) is 42.9 Å². The number of anilines is 3. The molecule has 1 aliphatic heterocycles. The maximum absolute atomic E-state index is 5.99. The van der Waals surface area contributed by atoms with E-state index in [4.69, 9.17) is 17.3 Å². The molecule has 0 bridgehead atoms. The van der Waals surface area contributed by atoms with Crippen LogP contribution in [-0.2, 0) is 0 Å². The van der Waals surface area contributed by atoms with E-state index < -0.39 is 0 Å². The molecule has 0 radical (unpaired) electrons. The highest BCUT2D eigenvalue weighted by Gasteiger charge is 2.16. The number of benzene rings is 2. The van der Waals surface area contributed by atoms with Crippen LogP contribution in [0.5, 0.6) is 0 Å². The van der Waals surface area contributed by atoms with Crippen molar-refractivity contribution in [3.05, 3.63) is 65.8 Å². The third kappa shape index (κ3) is 4.38. The number of piperidine rings is 1. The minimum Gasteiger partial charge on any atom is -0.371 e. The molecular weight excluding hydrogens is 358 g/mol. The van der Waals surface area contributed by atoms with Crippen LogP contribution in [0.3, 0.4) is 0 Å². The molecule has 6 heteroatoms.